The normalized spacial score (nSPS) is 20.9. The third-order valence-electron chi connectivity index (χ3n) is 6.26. The number of ketones is 1. The third-order valence-corrected chi connectivity index (χ3v) is 12.4. The standard InChI is InChI=1S/C22H36O2Si/c1-15(2)25(16(3)4,17(5)6)24-21-13-20(23)19-12-10-9-11-18(19)14-22(21,7)8/h9-12,15-17,21H,13-14H2,1-8H3. The lowest BCUT2D eigenvalue weighted by Gasteiger charge is -2.47. The van der Waals surface area contributed by atoms with Crippen molar-refractivity contribution in [3.63, 3.8) is 0 Å². The molecule has 3 heteroatoms. The molecule has 0 saturated heterocycles. The predicted octanol–water partition coefficient (Wildman–Crippen LogP) is 6.40. The fraction of sp³-hybridized carbons (Fsp3) is 0.682. The van der Waals surface area contributed by atoms with Crippen LogP contribution in [0.25, 0.3) is 0 Å². The molecular formula is C22H36O2Si. The Balaban J connectivity index is 2.43. The van der Waals surface area contributed by atoms with Crippen molar-refractivity contribution in [2.45, 2.75) is 91.0 Å². The summed E-state index contributed by atoms with van der Waals surface area (Å²) in [5.74, 6) is 0.241. The van der Waals surface area contributed by atoms with Crippen LogP contribution in [-0.2, 0) is 10.8 Å². The van der Waals surface area contributed by atoms with Gasteiger partial charge in [0.15, 0.2) is 5.78 Å². The Bertz CT molecular complexity index is 594. The number of fused-ring (bicyclic) bond motifs is 1. The molecule has 0 radical (unpaired) electrons. The van der Waals surface area contributed by atoms with Crippen LogP contribution in [0, 0.1) is 5.41 Å². The first kappa shape index (κ1) is 20.4. The van der Waals surface area contributed by atoms with Crippen molar-refractivity contribution in [3.8, 4) is 0 Å². The van der Waals surface area contributed by atoms with Crippen molar-refractivity contribution >= 4 is 14.1 Å². The summed E-state index contributed by atoms with van der Waals surface area (Å²) in [5, 5.41) is 0. The monoisotopic (exact) mass is 360 g/mol. The number of hydrogen-bond acceptors (Lipinski definition) is 2. The zero-order valence-corrected chi connectivity index (χ0v) is 18.3. The Kier molecular flexibility index (Phi) is 6.00. The quantitative estimate of drug-likeness (QED) is 0.448. The third kappa shape index (κ3) is 3.78. The Hall–Kier alpha value is -0.933. The average Bonchev–Trinajstić information content (AvgIpc) is 2.58. The van der Waals surface area contributed by atoms with E-state index in [-0.39, 0.29) is 17.3 Å². The van der Waals surface area contributed by atoms with E-state index in [2.05, 4.69) is 61.5 Å². The second-order valence-corrected chi connectivity index (χ2v) is 14.8. The molecule has 140 valence electrons. The lowest BCUT2D eigenvalue weighted by molar-refractivity contribution is 0.0484. The lowest BCUT2D eigenvalue weighted by Crippen LogP contribution is -2.53. The minimum atomic E-state index is -2.01. The molecule has 1 aliphatic carbocycles. The molecule has 2 rings (SSSR count). The van der Waals surface area contributed by atoms with E-state index in [1.54, 1.807) is 0 Å². The predicted molar refractivity (Wildman–Crippen MR) is 109 cm³/mol. The number of carbonyl (C=O) groups is 1. The van der Waals surface area contributed by atoms with Crippen LogP contribution in [0.4, 0.5) is 0 Å². The molecule has 2 nitrogen and oxygen atoms in total. The van der Waals surface area contributed by atoms with Gasteiger partial charge in [-0.05, 0) is 34.0 Å². The van der Waals surface area contributed by atoms with Crippen molar-refractivity contribution in [3.05, 3.63) is 35.4 Å². The Labute approximate surface area is 155 Å². The number of rotatable bonds is 5. The largest absolute Gasteiger partial charge is 0.412 e. The Morgan fingerprint density at radius 3 is 2.04 bits per heavy atom. The van der Waals surface area contributed by atoms with Gasteiger partial charge in [-0.2, -0.15) is 0 Å². The van der Waals surface area contributed by atoms with Crippen molar-refractivity contribution in [2.24, 2.45) is 5.41 Å². The topological polar surface area (TPSA) is 26.3 Å². The molecule has 0 bridgehead atoms. The molecule has 0 N–H and O–H groups in total. The van der Waals surface area contributed by atoms with Crippen LogP contribution in [0.2, 0.25) is 16.6 Å². The van der Waals surface area contributed by atoms with Crippen molar-refractivity contribution in [1.29, 1.82) is 0 Å². The molecule has 0 heterocycles. The van der Waals surface area contributed by atoms with Crippen LogP contribution in [0.5, 0.6) is 0 Å². The minimum absolute atomic E-state index is 0.00809. The maximum atomic E-state index is 12.9. The van der Waals surface area contributed by atoms with Crippen LogP contribution in [0.15, 0.2) is 24.3 Å². The van der Waals surface area contributed by atoms with Gasteiger partial charge in [-0.3, -0.25) is 4.79 Å². The van der Waals surface area contributed by atoms with Crippen molar-refractivity contribution in [1.82, 2.24) is 0 Å². The summed E-state index contributed by atoms with van der Waals surface area (Å²) in [7, 11) is -2.01. The first-order chi connectivity index (χ1) is 11.5. The van der Waals surface area contributed by atoms with Gasteiger partial charge in [0, 0.05) is 12.0 Å². The van der Waals surface area contributed by atoms with Gasteiger partial charge in [0.25, 0.3) is 0 Å². The zero-order valence-electron chi connectivity index (χ0n) is 17.3. The SMILES string of the molecule is CC(C)[Si](OC1CC(=O)c2ccccc2CC1(C)C)(C(C)C)C(C)C. The molecule has 1 aliphatic rings. The highest BCUT2D eigenvalue weighted by atomic mass is 28.4. The molecular weight excluding hydrogens is 324 g/mol. The summed E-state index contributed by atoms with van der Waals surface area (Å²) in [4.78, 5) is 12.9. The first-order valence-electron chi connectivity index (χ1n) is 9.81. The fourth-order valence-corrected chi connectivity index (χ4v) is 10.7. The lowest BCUT2D eigenvalue weighted by atomic mass is 9.81. The van der Waals surface area contributed by atoms with E-state index >= 15 is 0 Å². The Morgan fingerprint density at radius 2 is 1.52 bits per heavy atom. The summed E-state index contributed by atoms with van der Waals surface area (Å²) in [6.07, 6.45) is 1.40. The van der Waals surface area contributed by atoms with E-state index in [1.807, 2.05) is 18.2 Å². The van der Waals surface area contributed by atoms with Gasteiger partial charge in [-0.15, -0.1) is 0 Å². The number of hydrogen-bond donors (Lipinski definition) is 0. The van der Waals surface area contributed by atoms with E-state index in [9.17, 15) is 4.79 Å². The van der Waals surface area contributed by atoms with Crippen molar-refractivity contribution < 1.29 is 9.22 Å². The maximum Gasteiger partial charge on any atom is 0.200 e. The number of benzene rings is 1. The van der Waals surface area contributed by atoms with Crippen molar-refractivity contribution in [2.75, 3.05) is 0 Å². The van der Waals surface area contributed by atoms with Gasteiger partial charge in [-0.1, -0.05) is 79.7 Å². The van der Waals surface area contributed by atoms with E-state index in [0.717, 1.165) is 12.0 Å². The molecule has 1 atom stereocenters. The maximum absolute atomic E-state index is 12.9. The summed E-state index contributed by atoms with van der Waals surface area (Å²) < 4.78 is 7.08. The summed E-state index contributed by atoms with van der Waals surface area (Å²) >= 11 is 0. The second-order valence-electron chi connectivity index (χ2n) is 9.37. The Morgan fingerprint density at radius 1 is 1.00 bits per heavy atom. The van der Waals surface area contributed by atoms with Crippen LogP contribution in [0.1, 0.15) is 77.7 Å². The molecule has 0 amide bonds. The van der Waals surface area contributed by atoms with E-state index in [4.69, 9.17) is 4.43 Å². The molecule has 1 unspecified atom stereocenters. The second kappa shape index (κ2) is 7.36. The van der Waals surface area contributed by atoms with Gasteiger partial charge in [0.05, 0.1) is 6.10 Å². The fourth-order valence-electron chi connectivity index (χ4n) is 4.96. The molecule has 0 fully saturated rings. The molecule has 0 aliphatic heterocycles. The van der Waals surface area contributed by atoms with Crippen LogP contribution < -0.4 is 0 Å². The van der Waals surface area contributed by atoms with Gasteiger partial charge in [-0.25, -0.2) is 0 Å². The molecule has 0 spiro atoms. The number of Topliss-reactive ketones (excluding diaryl/α,β-unsaturated/α-hetero) is 1. The van der Waals surface area contributed by atoms with Gasteiger partial charge in [0.1, 0.15) is 0 Å². The smallest absolute Gasteiger partial charge is 0.200 e. The summed E-state index contributed by atoms with van der Waals surface area (Å²) in [6.45, 7) is 18.4. The zero-order chi connectivity index (χ0) is 19.0. The average molecular weight is 361 g/mol. The molecule has 0 saturated carbocycles. The molecule has 1 aromatic carbocycles. The van der Waals surface area contributed by atoms with Crippen LogP contribution in [-0.4, -0.2) is 20.2 Å². The van der Waals surface area contributed by atoms with Crippen LogP contribution in [0.3, 0.4) is 0 Å². The molecule has 25 heavy (non-hydrogen) atoms. The highest BCUT2D eigenvalue weighted by Gasteiger charge is 2.49. The van der Waals surface area contributed by atoms with Gasteiger partial charge in [0.2, 0.25) is 8.32 Å². The molecule has 0 aromatic heterocycles. The van der Waals surface area contributed by atoms with E-state index < -0.39 is 8.32 Å². The summed E-state index contributed by atoms with van der Waals surface area (Å²) in [5.41, 5.74) is 3.62. The van der Waals surface area contributed by atoms with E-state index in [0.29, 0.717) is 23.0 Å². The van der Waals surface area contributed by atoms with Gasteiger partial charge >= 0.3 is 0 Å². The van der Waals surface area contributed by atoms with E-state index in [1.165, 1.54) is 5.56 Å². The van der Waals surface area contributed by atoms with Gasteiger partial charge < -0.3 is 4.43 Å². The van der Waals surface area contributed by atoms with Crippen LogP contribution >= 0.6 is 0 Å². The number of carbonyl (C=O) groups excluding carboxylic acids is 1. The highest BCUT2D eigenvalue weighted by Crippen LogP contribution is 2.47. The molecule has 1 aromatic rings. The summed E-state index contributed by atoms with van der Waals surface area (Å²) in [6, 6.07) is 8.10. The minimum Gasteiger partial charge on any atom is -0.412 e. The highest BCUT2D eigenvalue weighted by molar-refractivity contribution is 6.77. The first-order valence-corrected chi connectivity index (χ1v) is 11.9.